The van der Waals surface area contributed by atoms with E-state index in [9.17, 15) is 0 Å². The molecular formula is C19H26N4O2S2. The number of guanidine groups is 1. The first kappa shape index (κ1) is 19.8. The highest BCUT2D eigenvalue weighted by Crippen LogP contribution is 2.33. The molecule has 0 amide bonds. The lowest BCUT2D eigenvalue weighted by Gasteiger charge is -2.32. The van der Waals surface area contributed by atoms with E-state index in [4.69, 9.17) is 9.47 Å². The number of hydrogen-bond donors (Lipinski definition) is 1. The van der Waals surface area contributed by atoms with Crippen LogP contribution in [0.25, 0.3) is 0 Å². The average Bonchev–Trinajstić information content (AvgIpc) is 3.22. The number of hydrogen-bond acceptors (Lipinski definition) is 6. The zero-order valence-electron chi connectivity index (χ0n) is 16.0. The molecule has 2 aromatic rings. The van der Waals surface area contributed by atoms with Crippen LogP contribution >= 0.6 is 23.1 Å². The van der Waals surface area contributed by atoms with Crippen molar-refractivity contribution in [2.75, 3.05) is 40.1 Å². The number of nitrogens with zero attached hydrogens (tertiary/aromatic N) is 3. The van der Waals surface area contributed by atoms with Crippen LogP contribution in [0.2, 0.25) is 0 Å². The number of benzene rings is 1. The lowest BCUT2D eigenvalue weighted by molar-refractivity contribution is 0.346. The van der Waals surface area contributed by atoms with Crippen molar-refractivity contribution in [3.8, 4) is 11.5 Å². The van der Waals surface area contributed by atoms with Gasteiger partial charge in [0.25, 0.3) is 0 Å². The van der Waals surface area contributed by atoms with Gasteiger partial charge in [-0.05, 0) is 36.1 Å². The van der Waals surface area contributed by atoms with Crippen molar-refractivity contribution in [1.29, 1.82) is 0 Å². The lowest BCUT2D eigenvalue weighted by Crippen LogP contribution is -2.44. The van der Waals surface area contributed by atoms with Gasteiger partial charge in [-0.3, -0.25) is 4.99 Å². The molecule has 1 aliphatic heterocycles. The summed E-state index contributed by atoms with van der Waals surface area (Å²) in [7, 11) is 5.20. The van der Waals surface area contributed by atoms with Crippen LogP contribution in [0.4, 0.5) is 0 Å². The molecule has 0 unspecified atom stereocenters. The van der Waals surface area contributed by atoms with Gasteiger partial charge in [0, 0.05) is 44.0 Å². The quantitative estimate of drug-likeness (QED) is 0.330. The van der Waals surface area contributed by atoms with Gasteiger partial charge in [0.2, 0.25) is 0 Å². The Balaban J connectivity index is 1.53. The second kappa shape index (κ2) is 9.85. The van der Waals surface area contributed by atoms with Crippen molar-refractivity contribution < 1.29 is 9.47 Å². The largest absolute Gasteiger partial charge is 0.493 e. The van der Waals surface area contributed by atoms with E-state index in [1.54, 1.807) is 25.6 Å². The predicted octanol–water partition coefficient (Wildman–Crippen LogP) is 3.28. The van der Waals surface area contributed by atoms with Crippen LogP contribution < -0.4 is 14.8 Å². The third kappa shape index (κ3) is 5.07. The molecule has 0 spiro atoms. The van der Waals surface area contributed by atoms with E-state index >= 15 is 0 Å². The number of nitrogens with one attached hydrogen (secondary N) is 1. The molecule has 1 aromatic carbocycles. The number of thiazole rings is 1. The summed E-state index contributed by atoms with van der Waals surface area (Å²) in [5, 5.41) is 5.51. The molecule has 0 atom stereocenters. The van der Waals surface area contributed by atoms with Gasteiger partial charge in [-0.2, -0.15) is 0 Å². The summed E-state index contributed by atoms with van der Waals surface area (Å²) in [6, 6.07) is 4.18. The highest BCUT2D eigenvalue weighted by molar-refractivity contribution is 8.00. The van der Waals surface area contributed by atoms with E-state index in [2.05, 4.69) is 32.3 Å². The average molecular weight is 407 g/mol. The van der Waals surface area contributed by atoms with E-state index < -0.39 is 0 Å². The van der Waals surface area contributed by atoms with Crippen molar-refractivity contribution in [1.82, 2.24) is 15.2 Å². The van der Waals surface area contributed by atoms with Gasteiger partial charge in [-0.15, -0.1) is 11.3 Å². The molecule has 2 heterocycles. The molecule has 1 aliphatic rings. The van der Waals surface area contributed by atoms with E-state index in [1.165, 1.54) is 11.1 Å². The zero-order chi connectivity index (χ0) is 19.1. The van der Waals surface area contributed by atoms with Gasteiger partial charge >= 0.3 is 0 Å². The molecule has 0 bridgehead atoms. The van der Waals surface area contributed by atoms with Crippen molar-refractivity contribution in [2.24, 2.45) is 4.99 Å². The molecule has 6 nitrogen and oxygen atoms in total. The number of fused-ring (bicyclic) bond motifs is 1. The Hall–Kier alpha value is -1.93. The van der Waals surface area contributed by atoms with Gasteiger partial charge in [0.15, 0.2) is 17.5 Å². The topological polar surface area (TPSA) is 59.0 Å². The smallest absolute Gasteiger partial charge is 0.193 e. The molecule has 0 saturated carbocycles. The van der Waals surface area contributed by atoms with Crippen LogP contribution in [0.5, 0.6) is 11.5 Å². The van der Waals surface area contributed by atoms with Gasteiger partial charge in [-0.1, -0.05) is 11.8 Å². The number of aromatic nitrogens is 1. The Bertz CT molecular complexity index is 765. The molecule has 0 fully saturated rings. The predicted molar refractivity (Wildman–Crippen MR) is 112 cm³/mol. The van der Waals surface area contributed by atoms with Gasteiger partial charge in [0.05, 0.1) is 14.2 Å². The number of aliphatic imine (C=N–C) groups is 1. The van der Waals surface area contributed by atoms with Crippen LogP contribution in [0, 0.1) is 0 Å². The van der Waals surface area contributed by atoms with E-state index in [-0.39, 0.29) is 0 Å². The molecule has 146 valence electrons. The maximum Gasteiger partial charge on any atom is 0.193 e. The first-order chi connectivity index (χ1) is 13.2. The SMILES string of the molecule is CN=C(NCCCSc1nccs1)N1CCc2cc(OC)c(OC)cc2C1. The third-order valence-corrected chi connectivity index (χ3v) is 6.52. The van der Waals surface area contributed by atoms with Crippen molar-refractivity contribution in [2.45, 2.75) is 23.7 Å². The Morgan fingerprint density at radius 1 is 1.30 bits per heavy atom. The third-order valence-electron chi connectivity index (χ3n) is 4.47. The standard InChI is InChI=1S/C19H26N4O2S2/c1-20-18(21-6-4-9-26-19-22-7-10-27-19)23-8-5-14-11-16(24-2)17(25-3)12-15(14)13-23/h7,10-12H,4-6,8-9,13H2,1-3H3,(H,20,21). The fraction of sp³-hybridized carbons (Fsp3) is 0.474. The fourth-order valence-electron chi connectivity index (χ4n) is 3.11. The van der Waals surface area contributed by atoms with Crippen LogP contribution in [0.3, 0.4) is 0 Å². The first-order valence-corrected chi connectivity index (χ1v) is 10.8. The lowest BCUT2D eigenvalue weighted by atomic mass is 9.99. The second-order valence-electron chi connectivity index (χ2n) is 6.12. The van der Waals surface area contributed by atoms with Gasteiger partial charge in [0.1, 0.15) is 4.34 Å². The molecule has 0 saturated heterocycles. The van der Waals surface area contributed by atoms with Crippen LogP contribution in [-0.2, 0) is 13.0 Å². The summed E-state index contributed by atoms with van der Waals surface area (Å²) in [4.78, 5) is 11.1. The van der Waals surface area contributed by atoms with E-state index in [1.807, 2.05) is 30.4 Å². The number of methoxy groups -OCH3 is 2. The molecule has 8 heteroatoms. The molecular weight excluding hydrogens is 380 g/mol. The Morgan fingerprint density at radius 2 is 2.07 bits per heavy atom. The molecule has 0 aliphatic carbocycles. The highest BCUT2D eigenvalue weighted by atomic mass is 32.2. The first-order valence-electron chi connectivity index (χ1n) is 8.96. The number of rotatable bonds is 7. The summed E-state index contributed by atoms with van der Waals surface area (Å²) in [6.45, 7) is 2.67. The van der Waals surface area contributed by atoms with E-state index in [0.717, 1.165) is 60.0 Å². The van der Waals surface area contributed by atoms with E-state index in [0.29, 0.717) is 0 Å². The van der Waals surface area contributed by atoms with Crippen molar-refractivity contribution >= 4 is 29.1 Å². The van der Waals surface area contributed by atoms with Gasteiger partial charge in [-0.25, -0.2) is 4.98 Å². The summed E-state index contributed by atoms with van der Waals surface area (Å²) < 4.78 is 12.0. The molecule has 27 heavy (non-hydrogen) atoms. The number of ether oxygens (including phenoxy) is 2. The van der Waals surface area contributed by atoms with Crippen molar-refractivity contribution in [3.63, 3.8) is 0 Å². The monoisotopic (exact) mass is 406 g/mol. The number of thioether (sulfide) groups is 1. The zero-order valence-corrected chi connectivity index (χ0v) is 17.7. The maximum absolute atomic E-state index is 5.45. The Kier molecular flexibility index (Phi) is 7.23. The minimum absolute atomic E-state index is 0.778. The Morgan fingerprint density at radius 3 is 2.74 bits per heavy atom. The minimum atomic E-state index is 0.778. The van der Waals surface area contributed by atoms with Crippen LogP contribution in [0.1, 0.15) is 17.5 Å². The fourth-order valence-corrected chi connectivity index (χ4v) is 4.76. The van der Waals surface area contributed by atoms with Crippen molar-refractivity contribution in [3.05, 3.63) is 34.8 Å². The molecule has 1 N–H and O–H groups in total. The minimum Gasteiger partial charge on any atom is -0.493 e. The van der Waals surface area contributed by atoms with Gasteiger partial charge < -0.3 is 19.7 Å². The maximum atomic E-state index is 5.45. The second-order valence-corrected chi connectivity index (χ2v) is 8.36. The summed E-state index contributed by atoms with van der Waals surface area (Å²) in [5.41, 5.74) is 2.58. The highest BCUT2D eigenvalue weighted by Gasteiger charge is 2.21. The Labute approximate surface area is 169 Å². The summed E-state index contributed by atoms with van der Waals surface area (Å²) in [6.07, 6.45) is 3.89. The summed E-state index contributed by atoms with van der Waals surface area (Å²) >= 11 is 3.50. The van der Waals surface area contributed by atoms with Crippen LogP contribution in [0.15, 0.2) is 33.0 Å². The normalized spacial score (nSPS) is 14.0. The molecule has 1 aromatic heterocycles. The molecule has 3 rings (SSSR count). The molecule has 0 radical (unpaired) electrons. The summed E-state index contributed by atoms with van der Waals surface area (Å²) in [5.74, 6) is 3.58. The van der Waals surface area contributed by atoms with Crippen LogP contribution in [-0.4, -0.2) is 56.0 Å².